The summed E-state index contributed by atoms with van der Waals surface area (Å²) in [5, 5.41) is 13.9. The summed E-state index contributed by atoms with van der Waals surface area (Å²) < 4.78 is 0. The number of fused-ring (bicyclic) bond motifs is 1. The zero-order valence-electron chi connectivity index (χ0n) is 9.68. The Kier molecular flexibility index (Phi) is 2.94. The lowest BCUT2D eigenvalue weighted by Gasteiger charge is -2.19. The van der Waals surface area contributed by atoms with Crippen LogP contribution in [0, 0.1) is 0 Å². The van der Waals surface area contributed by atoms with Crippen molar-refractivity contribution < 1.29 is 5.11 Å². The fraction of sp³-hybridized carbons (Fsp3) is 0.214. The molecule has 92 valence electrons. The zero-order chi connectivity index (χ0) is 12.5. The van der Waals surface area contributed by atoms with E-state index < -0.39 is 6.10 Å². The van der Waals surface area contributed by atoms with Crippen LogP contribution >= 0.6 is 11.6 Å². The Labute approximate surface area is 110 Å². The molecule has 3 nitrogen and oxygen atoms in total. The van der Waals surface area contributed by atoms with Crippen molar-refractivity contribution in [2.24, 2.45) is 0 Å². The first-order valence-corrected chi connectivity index (χ1v) is 6.26. The van der Waals surface area contributed by atoms with Gasteiger partial charge in [0.1, 0.15) is 5.82 Å². The van der Waals surface area contributed by atoms with E-state index in [1.807, 2.05) is 24.3 Å². The van der Waals surface area contributed by atoms with Crippen molar-refractivity contribution in [2.75, 3.05) is 5.32 Å². The van der Waals surface area contributed by atoms with Crippen molar-refractivity contribution >= 4 is 17.4 Å². The minimum Gasteiger partial charge on any atom is -0.390 e. The van der Waals surface area contributed by atoms with Gasteiger partial charge in [-0.05, 0) is 23.3 Å². The van der Waals surface area contributed by atoms with Crippen LogP contribution in [0.2, 0.25) is 5.02 Å². The normalized spacial score (nSPS) is 21.7. The number of anilines is 1. The molecular weight excluding hydrogens is 248 g/mol. The van der Waals surface area contributed by atoms with Gasteiger partial charge in [-0.3, -0.25) is 0 Å². The zero-order valence-corrected chi connectivity index (χ0v) is 10.4. The van der Waals surface area contributed by atoms with Gasteiger partial charge in [0.2, 0.25) is 0 Å². The lowest BCUT2D eigenvalue weighted by Crippen LogP contribution is -2.21. The van der Waals surface area contributed by atoms with Gasteiger partial charge in [0.05, 0.1) is 17.2 Å². The average molecular weight is 261 g/mol. The van der Waals surface area contributed by atoms with Crippen LogP contribution in [-0.2, 0) is 6.42 Å². The lowest BCUT2D eigenvalue weighted by molar-refractivity contribution is 0.165. The van der Waals surface area contributed by atoms with Crippen LogP contribution in [0.4, 0.5) is 5.82 Å². The minimum atomic E-state index is -0.444. The second-order valence-corrected chi connectivity index (χ2v) is 4.83. The standard InChI is InChI=1S/C14H13ClN2O/c15-11-6-3-7-16-14(11)17-13-10-5-2-1-4-9(10)8-12(13)18/h1-7,12-13,18H,8H2,(H,16,17)/t12-,13+/m1/s1. The molecular formula is C14H13ClN2O. The van der Waals surface area contributed by atoms with E-state index in [2.05, 4.69) is 10.3 Å². The van der Waals surface area contributed by atoms with Crippen LogP contribution in [-0.4, -0.2) is 16.2 Å². The van der Waals surface area contributed by atoms with Crippen LogP contribution < -0.4 is 5.32 Å². The van der Waals surface area contributed by atoms with Gasteiger partial charge in [-0.25, -0.2) is 4.98 Å². The number of benzene rings is 1. The molecule has 3 rings (SSSR count). The van der Waals surface area contributed by atoms with Gasteiger partial charge in [0.25, 0.3) is 0 Å². The second kappa shape index (κ2) is 4.59. The van der Waals surface area contributed by atoms with Gasteiger partial charge in [-0.1, -0.05) is 35.9 Å². The van der Waals surface area contributed by atoms with E-state index in [1.54, 1.807) is 18.3 Å². The number of nitrogens with zero attached hydrogens (tertiary/aromatic N) is 1. The van der Waals surface area contributed by atoms with Gasteiger partial charge >= 0.3 is 0 Å². The molecule has 0 unspecified atom stereocenters. The number of aromatic nitrogens is 1. The summed E-state index contributed by atoms with van der Waals surface area (Å²) in [6.07, 6.45) is 1.90. The Morgan fingerprint density at radius 1 is 1.22 bits per heavy atom. The van der Waals surface area contributed by atoms with Gasteiger partial charge in [0.15, 0.2) is 0 Å². The summed E-state index contributed by atoms with van der Waals surface area (Å²) in [7, 11) is 0. The van der Waals surface area contributed by atoms with Crippen molar-refractivity contribution in [1.82, 2.24) is 4.98 Å². The SMILES string of the molecule is O[C@@H]1Cc2ccccc2[C@@H]1Nc1ncccc1Cl. The first-order valence-electron chi connectivity index (χ1n) is 5.88. The van der Waals surface area contributed by atoms with E-state index in [1.165, 1.54) is 5.56 Å². The van der Waals surface area contributed by atoms with Crippen LogP contribution in [0.3, 0.4) is 0 Å². The van der Waals surface area contributed by atoms with Crippen molar-refractivity contribution in [1.29, 1.82) is 0 Å². The average Bonchev–Trinajstić information content (AvgIpc) is 2.69. The second-order valence-electron chi connectivity index (χ2n) is 4.43. The highest BCUT2D eigenvalue weighted by molar-refractivity contribution is 6.32. The molecule has 1 aromatic heterocycles. The molecule has 0 amide bonds. The molecule has 1 aliphatic carbocycles. The van der Waals surface area contributed by atoms with Crippen LogP contribution in [0.25, 0.3) is 0 Å². The molecule has 0 bridgehead atoms. The molecule has 2 aromatic rings. The van der Waals surface area contributed by atoms with E-state index >= 15 is 0 Å². The highest BCUT2D eigenvalue weighted by Crippen LogP contribution is 2.34. The number of halogens is 1. The monoisotopic (exact) mass is 260 g/mol. The smallest absolute Gasteiger partial charge is 0.145 e. The molecule has 0 radical (unpaired) electrons. The molecule has 2 atom stereocenters. The summed E-state index contributed by atoms with van der Waals surface area (Å²) in [4.78, 5) is 4.19. The van der Waals surface area contributed by atoms with E-state index in [0.717, 1.165) is 5.56 Å². The summed E-state index contributed by atoms with van der Waals surface area (Å²) >= 11 is 6.07. The molecule has 0 fully saturated rings. The third-order valence-electron chi connectivity index (χ3n) is 3.25. The molecule has 1 aromatic carbocycles. The van der Waals surface area contributed by atoms with Gasteiger partial charge in [-0.2, -0.15) is 0 Å². The highest BCUT2D eigenvalue weighted by atomic mass is 35.5. The third-order valence-corrected chi connectivity index (χ3v) is 3.56. The number of aliphatic hydroxyl groups is 1. The first-order chi connectivity index (χ1) is 8.75. The first kappa shape index (κ1) is 11.5. The van der Waals surface area contributed by atoms with Crippen LogP contribution in [0.1, 0.15) is 17.2 Å². The highest BCUT2D eigenvalue weighted by Gasteiger charge is 2.31. The quantitative estimate of drug-likeness (QED) is 0.873. The Balaban J connectivity index is 1.92. The largest absolute Gasteiger partial charge is 0.390 e. The molecule has 18 heavy (non-hydrogen) atoms. The predicted molar refractivity (Wildman–Crippen MR) is 71.8 cm³/mol. The fourth-order valence-corrected chi connectivity index (χ4v) is 2.56. The number of pyridine rings is 1. The molecule has 0 aliphatic heterocycles. The van der Waals surface area contributed by atoms with Gasteiger partial charge in [0, 0.05) is 12.6 Å². The number of hydrogen-bond donors (Lipinski definition) is 2. The Morgan fingerprint density at radius 3 is 2.89 bits per heavy atom. The molecule has 0 saturated heterocycles. The van der Waals surface area contributed by atoms with Gasteiger partial charge < -0.3 is 10.4 Å². The molecule has 1 aliphatic rings. The number of nitrogens with one attached hydrogen (secondary N) is 1. The van der Waals surface area contributed by atoms with Gasteiger partial charge in [-0.15, -0.1) is 0 Å². The van der Waals surface area contributed by atoms with E-state index in [4.69, 9.17) is 11.6 Å². The van der Waals surface area contributed by atoms with Crippen molar-refractivity contribution in [2.45, 2.75) is 18.6 Å². The van der Waals surface area contributed by atoms with E-state index in [-0.39, 0.29) is 6.04 Å². The lowest BCUT2D eigenvalue weighted by atomic mass is 10.1. The topological polar surface area (TPSA) is 45.1 Å². The predicted octanol–water partition coefficient (Wildman–Crippen LogP) is 2.81. The minimum absolute atomic E-state index is 0.145. The van der Waals surface area contributed by atoms with Crippen LogP contribution in [0.5, 0.6) is 0 Å². The summed E-state index contributed by atoms with van der Waals surface area (Å²) in [5.41, 5.74) is 2.29. The third kappa shape index (κ3) is 1.96. The number of rotatable bonds is 2. The summed E-state index contributed by atoms with van der Waals surface area (Å²) in [6, 6.07) is 11.5. The summed E-state index contributed by atoms with van der Waals surface area (Å²) in [5.74, 6) is 0.611. The molecule has 0 saturated carbocycles. The van der Waals surface area contributed by atoms with Crippen molar-refractivity contribution in [3.63, 3.8) is 0 Å². The van der Waals surface area contributed by atoms with Crippen molar-refractivity contribution in [3.8, 4) is 0 Å². The van der Waals surface area contributed by atoms with E-state index in [0.29, 0.717) is 17.3 Å². The Bertz CT molecular complexity index is 573. The maximum absolute atomic E-state index is 10.1. The van der Waals surface area contributed by atoms with Crippen LogP contribution in [0.15, 0.2) is 42.6 Å². The Hall–Kier alpha value is -1.58. The molecule has 0 spiro atoms. The van der Waals surface area contributed by atoms with Crippen molar-refractivity contribution in [3.05, 3.63) is 58.7 Å². The Morgan fingerprint density at radius 2 is 2.06 bits per heavy atom. The fourth-order valence-electron chi connectivity index (χ4n) is 2.39. The summed E-state index contributed by atoms with van der Waals surface area (Å²) in [6.45, 7) is 0. The molecule has 1 heterocycles. The maximum Gasteiger partial charge on any atom is 0.145 e. The molecule has 2 N–H and O–H groups in total. The number of hydrogen-bond acceptors (Lipinski definition) is 3. The molecule has 4 heteroatoms. The maximum atomic E-state index is 10.1. The van der Waals surface area contributed by atoms with E-state index in [9.17, 15) is 5.11 Å². The number of aliphatic hydroxyl groups excluding tert-OH is 1.